The molecule has 7 heteroatoms. The third-order valence-electron chi connectivity index (χ3n) is 5.71. The molecule has 1 aliphatic heterocycles. The standard InChI is InChI=1S/C22H30N6O/c1-16(29)22-20(24-17-5-3-2-4-6-17)15-21(26-27-22)25-18-7-9-19(10-8-18)28-13-11-23-12-14-28/h7-10,15,17,23H,2-6,11-14H2,1H3,(H2,24,25,26). The summed E-state index contributed by atoms with van der Waals surface area (Å²) in [7, 11) is 0. The van der Waals surface area contributed by atoms with Gasteiger partial charge in [-0.3, -0.25) is 4.79 Å². The smallest absolute Gasteiger partial charge is 0.182 e. The highest BCUT2D eigenvalue weighted by atomic mass is 16.1. The van der Waals surface area contributed by atoms with Crippen LogP contribution in [-0.4, -0.2) is 48.2 Å². The molecule has 0 atom stereocenters. The van der Waals surface area contributed by atoms with Gasteiger partial charge in [-0.1, -0.05) is 19.3 Å². The Hall–Kier alpha value is -2.67. The Morgan fingerprint density at radius 2 is 1.79 bits per heavy atom. The number of carbonyl (C=O) groups is 1. The van der Waals surface area contributed by atoms with Gasteiger partial charge in [-0.05, 0) is 37.1 Å². The van der Waals surface area contributed by atoms with Crippen molar-refractivity contribution < 1.29 is 4.79 Å². The number of ketones is 1. The molecule has 1 aromatic heterocycles. The SMILES string of the molecule is CC(=O)c1nnc(Nc2ccc(N3CCNCC3)cc2)cc1NC1CCCCC1. The topological polar surface area (TPSA) is 82.2 Å². The maximum atomic E-state index is 12.0. The van der Waals surface area contributed by atoms with E-state index in [4.69, 9.17) is 0 Å². The third kappa shape index (κ3) is 5.03. The van der Waals surface area contributed by atoms with E-state index in [0.717, 1.165) is 50.4 Å². The van der Waals surface area contributed by atoms with Crippen molar-refractivity contribution in [2.24, 2.45) is 0 Å². The van der Waals surface area contributed by atoms with Gasteiger partial charge in [-0.15, -0.1) is 10.2 Å². The van der Waals surface area contributed by atoms with Crippen LogP contribution >= 0.6 is 0 Å². The van der Waals surface area contributed by atoms with E-state index in [1.807, 2.05) is 6.07 Å². The van der Waals surface area contributed by atoms with E-state index in [1.54, 1.807) is 0 Å². The Morgan fingerprint density at radius 1 is 1.07 bits per heavy atom. The van der Waals surface area contributed by atoms with E-state index in [0.29, 0.717) is 17.6 Å². The zero-order chi connectivity index (χ0) is 20.1. The van der Waals surface area contributed by atoms with Crippen LogP contribution in [0.3, 0.4) is 0 Å². The van der Waals surface area contributed by atoms with Gasteiger partial charge in [0.15, 0.2) is 17.3 Å². The van der Waals surface area contributed by atoms with Gasteiger partial charge in [0, 0.05) is 56.6 Å². The molecule has 4 rings (SSSR count). The van der Waals surface area contributed by atoms with Crippen LogP contribution in [0.5, 0.6) is 0 Å². The molecule has 1 saturated heterocycles. The first-order valence-corrected chi connectivity index (χ1v) is 10.7. The normalized spacial score (nSPS) is 17.8. The third-order valence-corrected chi connectivity index (χ3v) is 5.71. The number of nitrogens with zero attached hydrogens (tertiary/aromatic N) is 3. The zero-order valence-electron chi connectivity index (χ0n) is 17.1. The van der Waals surface area contributed by atoms with Gasteiger partial charge < -0.3 is 20.9 Å². The minimum absolute atomic E-state index is 0.0669. The Balaban J connectivity index is 1.47. The predicted molar refractivity (Wildman–Crippen MR) is 117 cm³/mol. The summed E-state index contributed by atoms with van der Waals surface area (Å²) in [5.41, 5.74) is 3.38. The molecule has 154 valence electrons. The average molecular weight is 395 g/mol. The maximum Gasteiger partial charge on any atom is 0.182 e. The van der Waals surface area contributed by atoms with Gasteiger partial charge in [0.2, 0.25) is 0 Å². The van der Waals surface area contributed by atoms with Crippen LogP contribution in [0.25, 0.3) is 0 Å². The van der Waals surface area contributed by atoms with E-state index in [1.165, 1.54) is 31.9 Å². The highest BCUT2D eigenvalue weighted by Crippen LogP contribution is 2.26. The molecule has 2 fully saturated rings. The lowest BCUT2D eigenvalue weighted by atomic mass is 9.95. The number of anilines is 4. The fraction of sp³-hybridized carbons (Fsp3) is 0.500. The molecule has 0 bridgehead atoms. The number of hydrogen-bond donors (Lipinski definition) is 3. The second-order valence-electron chi connectivity index (χ2n) is 7.94. The molecule has 1 aliphatic carbocycles. The molecule has 0 spiro atoms. The van der Waals surface area contributed by atoms with Gasteiger partial charge >= 0.3 is 0 Å². The molecule has 3 N–H and O–H groups in total. The quantitative estimate of drug-likeness (QED) is 0.646. The molecule has 2 heterocycles. The minimum Gasteiger partial charge on any atom is -0.380 e. The van der Waals surface area contributed by atoms with E-state index in [9.17, 15) is 4.79 Å². The molecule has 1 saturated carbocycles. The van der Waals surface area contributed by atoms with Gasteiger partial charge in [-0.25, -0.2) is 0 Å². The second-order valence-corrected chi connectivity index (χ2v) is 7.94. The largest absolute Gasteiger partial charge is 0.380 e. The molecule has 0 radical (unpaired) electrons. The first kappa shape index (κ1) is 19.6. The first-order valence-electron chi connectivity index (χ1n) is 10.7. The molecule has 2 aromatic rings. The maximum absolute atomic E-state index is 12.0. The van der Waals surface area contributed by atoms with Crippen molar-refractivity contribution in [2.75, 3.05) is 41.7 Å². The fourth-order valence-corrected chi connectivity index (χ4v) is 4.12. The monoisotopic (exact) mass is 394 g/mol. The van der Waals surface area contributed by atoms with Crippen molar-refractivity contribution in [1.29, 1.82) is 0 Å². The molecule has 0 unspecified atom stereocenters. The van der Waals surface area contributed by atoms with Crippen LogP contribution in [0.15, 0.2) is 30.3 Å². The van der Waals surface area contributed by atoms with Crippen molar-refractivity contribution in [1.82, 2.24) is 15.5 Å². The van der Waals surface area contributed by atoms with Crippen LogP contribution in [0.1, 0.15) is 49.5 Å². The summed E-state index contributed by atoms with van der Waals surface area (Å²) in [5, 5.41) is 18.6. The molecule has 7 nitrogen and oxygen atoms in total. The number of carbonyl (C=O) groups excluding carboxylic acids is 1. The number of benzene rings is 1. The second kappa shape index (κ2) is 9.22. The lowest BCUT2D eigenvalue weighted by Crippen LogP contribution is -2.43. The van der Waals surface area contributed by atoms with Crippen molar-refractivity contribution in [3.63, 3.8) is 0 Å². The lowest BCUT2D eigenvalue weighted by Gasteiger charge is -2.29. The number of aromatic nitrogens is 2. The predicted octanol–water partition coefficient (Wildman–Crippen LogP) is 3.58. The zero-order valence-corrected chi connectivity index (χ0v) is 17.1. The number of Topliss-reactive ketones (excluding diaryl/α,β-unsaturated/α-hetero) is 1. The van der Waals surface area contributed by atoms with Crippen LogP contribution in [0, 0.1) is 0 Å². The summed E-state index contributed by atoms with van der Waals surface area (Å²) in [6, 6.07) is 10.7. The van der Waals surface area contributed by atoms with Crippen LogP contribution < -0.4 is 20.9 Å². The Kier molecular flexibility index (Phi) is 6.24. The number of hydrogen-bond acceptors (Lipinski definition) is 7. The van der Waals surface area contributed by atoms with Crippen LogP contribution in [0.4, 0.5) is 22.9 Å². The fourth-order valence-electron chi connectivity index (χ4n) is 4.12. The Bertz CT molecular complexity index is 826. The Labute approximate surface area is 172 Å². The van der Waals surface area contributed by atoms with E-state index in [-0.39, 0.29) is 5.78 Å². The van der Waals surface area contributed by atoms with Crippen molar-refractivity contribution in [3.8, 4) is 0 Å². The first-order chi connectivity index (χ1) is 14.2. The van der Waals surface area contributed by atoms with Crippen molar-refractivity contribution >= 4 is 28.7 Å². The number of nitrogens with one attached hydrogen (secondary N) is 3. The van der Waals surface area contributed by atoms with Gasteiger partial charge in [0.25, 0.3) is 0 Å². The van der Waals surface area contributed by atoms with Crippen LogP contribution in [-0.2, 0) is 0 Å². The molecule has 0 amide bonds. The van der Waals surface area contributed by atoms with E-state index >= 15 is 0 Å². The average Bonchev–Trinajstić information content (AvgIpc) is 2.76. The molecule has 1 aromatic carbocycles. The summed E-state index contributed by atoms with van der Waals surface area (Å²) in [6.07, 6.45) is 6.03. The molecule has 2 aliphatic rings. The summed E-state index contributed by atoms with van der Waals surface area (Å²) >= 11 is 0. The summed E-state index contributed by atoms with van der Waals surface area (Å²) < 4.78 is 0. The molecule has 29 heavy (non-hydrogen) atoms. The number of rotatable bonds is 6. The van der Waals surface area contributed by atoms with Gasteiger partial charge in [-0.2, -0.15) is 0 Å². The van der Waals surface area contributed by atoms with E-state index < -0.39 is 0 Å². The highest BCUT2D eigenvalue weighted by molar-refractivity contribution is 5.97. The van der Waals surface area contributed by atoms with Crippen LogP contribution in [0.2, 0.25) is 0 Å². The molecular formula is C22H30N6O. The van der Waals surface area contributed by atoms with E-state index in [2.05, 4.69) is 55.3 Å². The Morgan fingerprint density at radius 3 is 2.48 bits per heavy atom. The number of piperazine rings is 1. The lowest BCUT2D eigenvalue weighted by molar-refractivity contribution is 0.101. The minimum atomic E-state index is -0.0669. The van der Waals surface area contributed by atoms with Gasteiger partial charge in [0.05, 0.1) is 5.69 Å². The van der Waals surface area contributed by atoms with Crippen molar-refractivity contribution in [3.05, 3.63) is 36.0 Å². The van der Waals surface area contributed by atoms with Gasteiger partial charge in [0.1, 0.15) is 0 Å². The summed E-state index contributed by atoms with van der Waals surface area (Å²) in [5.74, 6) is 0.575. The highest BCUT2D eigenvalue weighted by Gasteiger charge is 2.18. The molecular weight excluding hydrogens is 364 g/mol. The van der Waals surface area contributed by atoms with Crippen molar-refractivity contribution in [2.45, 2.75) is 45.1 Å². The summed E-state index contributed by atoms with van der Waals surface area (Å²) in [6.45, 7) is 5.64. The summed E-state index contributed by atoms with van der Waals surface area (Å²) in [4.78, 5) is 14.4.